The summed E-state index contributed by atoms with van der Waals surface area (Å²) in [7, 11) is 1.19. The summed E-state index contributed by atoms with van der Waals surface area (Å²) in [5, 5.41) is 3.67. The fourth-order valence-corrected chi connectivity index (χ4v) is 2.13. The molecule has 0 fully saturated rings. The molecule has 96 valence electrons. The van der Waals surface area contributed by atoms with Gasteiger partial charge in [-0.25, -0.2) is 9.18 Å². The van der Waals surface area contributed by atoms with Crippen LogP contribution in [0, 0.1) is 5.82 Å². The van der Waals surface area contributed by atoms with Gasteiger partial charge in [0.25, 0.3) is 0 Å². The van der Waals surface area contributed by atoms with E-state index in [4.69, 9.17) is 5.53 Å². The first-order valence-electron chi connectivity index (χ1n) is 5.00. The first-order valence-corrected chi connectivity index (χ1v) is 5.79. The van der Waals surface area contributed by atoms with E-state index in [0.29, 0.717) is 4.47 Å². The standard InChI is InChI=1S/C11H6BrFN4O2/c1-19-11(18)5-4-15-10-7(13)3-2-6(12)8(10)9(5)16-17-14/h2-4H,1H3. The lowest BCUT2D eigenvalue weighted by molar-refractivity contribution is 0.0601. The maximum Gasteiger partial charge on any atom is 0.339 e. The SMILES string of the molecule is COC(=O)c1cnc2c(F)ccc(Br)c2c1N=[N+]=[N-]. The molecule has 0 aliphatic rings. The Balaban J connectivity index is 2.96. The molecule has 0 spiro atoms. The second-order valence-electron chi connectivity index (χ2n) is 3.45. The van der Waals surface area contributed by atoms with Crippen molar-refractivity contribution in [2.45, 2.75) is 0 Å². The molecule has 0 amide bonds. The van der Waals surface area contributed by atoms with Crippen LogP contribution in [0.15, 0.2) is 27.9 Å². The van der Waals surface area contributed by atoms with Crippen LogP contribution in [0.3, 0.4) is 0 Å². The number of rotatable bonds is 2. The Morgan fingerprint density at radius 3 is 2.95 bits per heavy atom. The number of halogens is 2. The van der Waals surface area contributed by atoms with Crippen molar-refractivity contribution in [3.63, 3.8) is 0 Å². The molecule has 0 bridgehead atoms. The Labute approximate surface area is 115 Å². The lowest BCUT2D eigenvalue weighted by Gasteiger charge is -2.08. The molecule has 0 aliphatic carbocycles. The molecule has 1 heterocycles. The van der Waals surface area contributed by atoms with Crippen LogP contribution in [0.5, 0.6) is 0 Å². The summed E-state index contributed by atoms with van der Waals surface area (Å²) in [6.45, 7) is 0. The molecule has 0 saturated carbocycles. The molecule has 8 heteroatoms. The highest BCUT2D eigenvalue weighted by Gasteiger charge is 2.18. The zero-order valence-corrected chi connectivity index (χ0v) is 11.2. The molecule has 0 radical (unpaired) electrons. The number of hydrogen-bond acceptors (Lipinski definition) is 4. The monoisotopic (exact) mass is 324 g/mol. The van der Waals surface area contributed by atoms with Crippen molar-refractivity contribution in [3.05, 3.63) is 44.6 Å². The van der Waals surface area contributed by atoms with E-state index in [-0.39, 0.29) is 22.2 Å². The molecule has 2 rings (SSSR count). The van der Waals surface area contributed by atoms with Gasteiger partial charge in [0.2, 0.25) is 0 Å². The normalized spacial score (nSPS) is 10.1. The van der Waals surface area contributed by atoms with Gasteiger partial charge in [-0.05, 0) is 17.7 Å². The van der Waals surface area contributed by atoms with Crippen LogP contribution in [0.2, 0.25) is 0 Å². The quantitative estimate of drug-likeness (QED) is 0.363. The summed E-state index contributed by atoms with van der Waals surface area (Å²) in [6, 6.07) is 2.66. The Morgan fingerprint density at radius 1 is 1.58 bits per heavy atom. The first kappa shape index (κ1) is 13.3. The molecule has 0 atom stereocenters. The molecule has 0 aliphatic heterocycles. The Hall–Kier alpha value is -2.18. The third kappa shape index (κ3) is 2.23. The highest BCUT2D eigenvalue weighted by molar-refractivity contribution is 9.10. The molecule has 1 aromatic heterocycles. The smallest absolute Gasteiger partial charge is 0.339 e. The van der Waals surface area contributed by atoms with Crippen LogP contribution in [0.25, 0.3) is 21.3 Å². The summed E-state index contributed by atoms with van der Waals surface area (Å²) >= 11 is 3.21. The van der Waals surface area contributed by atoms with Crippen LogP contribution < -0.4 is 0 Å². The van der Waals surface area contributed by atoms with Crippen LogP contribution in [0.4, 0.5) is 10.1 Å². The minimum absolute atomic E-state index is 0.00410. The second-order valence-corrected chi connectivity index (χ2v) is 4.31. The maximum absolute atomic E-state index is 13.7. The average Bonchev–Trinajstić information content (AvgIpc) is 2.42. The molecule has 0 N–H and O–H groups in total. The van der Waals surface area contributed by atoms with Gasteiger partial charge in [0.15, 0.2) is 0 Å². The van der Waals surface area contributed by atoms with E-state index < -0.39 is 11.8 Å². The zero-order valence-electron chi connectivity index (χ0n) is 9.59. The lowest BCUT2D eigenvalue weighted by Crippen LogP contribution is -2.03. The summed E-state index contributed by atoms with van der Waals surface area (Å²) in [5.41, 5.74) is 8.55. The largest absolute Gasteiger partial charge is 0.465 e. The van der Waals surface area contributed by atoms with E-state index in [1.54, 1.807) is 0 Å². The number of fused-ring (bicyclic) bond motifs is 1. The van der Waals surface area contributed by atoms with Crippen molar-refractivity contribution in [2.75, 3.05) is 7.11 Å². The van der Waals surface area contributed by atoms with E-state index in [2.05, 4.69) is 35.7 Å². The fraction of sp³-hybridized carbons (Fsp3) is 0.0909. The highest BCUT2D eigenvalue weighted by Crippen LogP contribution is 2.35. The van der Waals surface area contributed by atoms with Crippen molar-refractivity contribution in [1.29, 1.82) is 0 Å². The van der Waals surface area contributed by atoms with E-state index in [0.717, 1.165) is 6.20 Å². The van der Waals surface area contributed by atoms with Gasteiger partial charge >= 0.3 is 5.97 Å². The Bertz CT molecular complexity index is 728. The number of nitrogens with zero attached hydrogens (tertiary/aromatic N) is 4. The van der Waals surface area contributed by atoms with Gasteiger partial charge in [0, 0.05) is 21.0 Å². The molecular formula is C11H6BrFN4O2. The topological polar surface area (TPSA) is 88.0 Å². The predicted octanol–water partition coefficient (Wildman–Crippen LogP) is 3.86. The van der Waals surface area contributed by atoms with Crippen LogP contribution in [-0.2, 0) is 4.74 Å². The van der Waals surface area contributed by atoms with E-state index in [9.17, 15) is 9.18 Å². The number of benzene rings is 1. The van der Waals surface area contributed by atoms with Crippen molar-refractivity contribution < 1.29 is 13.9 Å². The molecule has 0 unspecified atom stereocenters. The molecular weight excluding hydrogens is 319 g/mol. The minimum atomic E-state index is -0.715. The molecule has 19 heavy (non-hydrogen) atoms. The van der Waals surface area contributed by atoms with Crippen LogP contribution in [0.1, 0.15) is 10.4 Å². The van der Waals surface area contributed by atoms with Gasteiger partial charge < -0.3 is 4.74 Å². The van der Waals surface area contributed by atoms with Crippen LogP contribution >= 0.6 is 15.9 Å². The number of pyridine rings is 1. The third-order valence-corrected chi connectivity index (χ3v) is 3.10. The number of methoxy groups -OCH3 is 1. The zero-order chi connectivity index (χ0) is 14.0. The fourth-order valence-electron chi connectivity index (χ4n) is 1.63. The molecule has 1 aromatic carbocycles. The Morgan fingerprint density at radius 2 is 2.32 bits per heavy atom. The van der Waals surface area contributed by atoms with Crippen LogP contribution in [-0.4, -0.2) is 18.1 Å². The summed E-state index contributed by atoms with van der Waals surface area (Å²) in [6.07, 6.45) is 1.12. The first-order chi connectivity index (χ1) is 9.10. The summed E-state index contributed by atoms with van der Waals surface area (Å²) in [5.74, 6) is -1.29. The number of aromatic nitrogens is 1. The van der Waals surface area contributed by atoms with Crippen molar-refractivity contribution in [1.82, 2.24) is 4.98 Å². The average molecular weight is 325 g/mol. The number of carbonyl (C=O) groups excluding carboxylic acids is 1. The van der Waals surface area contributed by atoms with E-state index in [1.807, 2.05) is 0 Å². The van der Waals surface area contributed by atoms with E-state index in [1.165, 1.54) is 19.2 Å². The number of ether oxygens (including phenoxy) is 1. The Kier molecular flexibility index (Phi) is 3.64. The highest BCUT2D eigenvalue weighted by atomic mass is 79.9. The predicted molar refractivity (Wildman–Crippen MR) is 69.5 cm³/mol. The minimum Gasteiger partial charge on any atom is -0.465 e. The number of hydrogen-bond donors (Lipinski definition) is 0. The maximum atomic E-state index is 13.7. The third-order valence-electron chi connectivity index (χ3n) is 2.44. The van der Waals surface area contributed by atoms with Gasteiger partial charge in [0.1, 0.15) is 11.3 Å². The number of carbonyl (C=O) groups is 1. The van der Waals surface area contributed by atoms with Gasteiger partial charge in [-0.15, -0.1) is 0 Å². The van der Waals surface area contributed by atoms with Gasteiger partial charge in [0.05, 0.1) is 18.4 Å². The number of azide groups is 1. The second kappa shape index (κ2) is 5.21. The van der Waals surface area contributed by atoms with Crippen molar-refractivity contribution in [3.8, 4) is 0 Å². The molecule has 0 saturated heterocycles. The van der Waals surface area contributed by atoms with Gasteiger partial charge in [-0.2, -0.15) is 0 Å². The summed E-state index contributed by atoms with van der Waals surface area (Å²) < 4.78 is 18.7. The summed E-state index contributed by atoms with van der Waals surface area (Å²) in [4.78, 5) is 18.1. The van der Waals surface area contributed by atoms with Gasteiger partial charge in [-0.3, -0.25) is 4.98 Å². The molecule has 2 aromatic rings. The van der Waals surface area contributed by atoms with Crippen molar-refractivity contribution >= 4 is 38.5 Å². The lowest BCUT2D eigenvalue weighted by atomic mass is 10.1. The van der Waals surface area contributed by atoms with Crippen molar-refractivity contribution in [2.24, 2.45) is 5.11 Å². The van der Waals surface area contributed by atoms with E-state index >= 15 is 0 Å². The molecule has 6 nitrogen and oxygen atoms in total. The van der Waals surface area contributed by atoms with Gasteiger partial charge in [-0.1, -0.05) is 21.0 Å². The number of esters is 1.